The highest BCUT2D eigenvalue weighted by atomic mass is 32.2. The number of nitrogens with zero attached hydrogens (tertiary/aromatic N) is 1. The Balaban J connectivity index is 2.08. The lowest BCUT2D eigenvalue weighted by Gasteiger charge is -2.07. The molecule has 98 valence electrons. The van der Waals surface area contributed by atoms with E-state index in [9.17, 15) is 4.79 Å². The molecule has 2 N–H and O–H groups in total. The minimum Gasteiger partial charge on any atom is -0.391 e. The fourth-order valence-corrected chi connectivity index (χ4v) is 2.52. The Kier molecular flexibility index (Phi) is 4.41. The van der Waals surface area contributed by atoms with Crippen molar-refractivity contribution in [2.45, 2.75) is 17.6 Å². The molecule has 1 amide bonds. The van der Waals surface area contributed by atoms with Crippen molar-refractivity contribution in [1.29, 1.82) is 0 Å². The third kappa shape index (κ3) is 3.99. The molecular formula is C14H14N2O2S. The first-order valence-corrected chi connectivity index (χ1v) is 6.74. The predicted octanol–water partition coefficient (Wildman–Crippen LogP) is 3.14. The van der Waals surface area contributed by atoms with Crippen molar-refractivity contribution < 1.29 is 9.53 Å². The van der Waals surface area contributed by atoms with Crippen molar-refractivity contribution in [3.8, 4) is 5.88 Å². The van der Waals surface area contributed by atoms with Gasteiger partial charge in [-0.1, -0.05) is 30.3 Å². The van der Waals surface area contributed by atoms with Crippen LogP contribution in [-0.2, 0) is 5.75 Å². The number of hydrogen-bond donors (Lipinski definition) is 1. The third-order valence-electron chi connectivity index (χ3n) is 2.47. The van der Waals surface area contributed by atoms with Gasteiger partial charge in [0.15, 0.2) is 0 Å². The van der Waals surface area contributed by atoms with Gasteiger partial charge in [-0.3, -0.25) is 0 Å². The average molecular weight is 274 g/mol. The van der Waals surface area contributed by atoms with Crippen molar-refractivity contribution >= 4 is 17.9 Å². The van der Waals surface area contributed by atoms with Crippen LogP contribution in [0.15, 0.2) is 47.5 Å². The molecule has 0 aliphatic rings. The van der Waals surface area contributed by atoms with Gasteiger partial charge in [0.1, 0.15) is 0 Å². The third-order valence-corrected chi connectivity index (χ3v) is 3.70. The Morgan fingerprint density at radius 1 is 1.37 bits per heavy atom. The summed E-state index contributed by atoms with van der Waals surface area (Å²) in [6.07, 6.45) is 0.821. The van der Waals surface area contributed by atoms with Crippen molar-refractivity contribution in [2.75, 3.05) is 0 Å². The van der Waals surface area contributed by atoms with E-state index in [1.807, 2.05) is 25.1 Å². The van der Waals surface area contributed by atoms with Gasteiger partial charge in [0.2, 0.25) is 5.88 Å². The van der Waals surface area contributed by atoms with Gasteiger partial charge in [-0.05, 0) is 18.1 Å². The summed E-state index contributed by atoms with van der Waals surface area (Å²) in [4.78, 5) is 15.7. The number of benzene rings is 1. The minimum absolute atomic E-state index is 0.230. The number of aryl methyl sites for hydroxylation is 1. The van der Waals surface area contributed by atoms with Crippen LogP contribution in [0, 0.1) is 6.92 Å². The van der Waals surface area contributed by atoms with Crippen molar-refractivity contribution in [3.05, 3.63) is 53.7 Å². The molecule has 1 aromatic carbocycles. The Morgan fingerprint density at radius 3 is 2.79 bits per heavy atom. The van der Waals surface area contributed by atoms with Gasteiger partial charge in [-0.25, -0.2) is 9.78 Å². The number of aromatic nitrogens is 1. The Bertz CT molecular complexity index is 573. The van der Waals surface area contributed by atoms with Crippen LogP contribution in [0.3, 0.4) is 0 Å². The monoisotopic (exact) mass is 274 g/mol. The number of nitrogens with two attached hydrogens (primary N) is 1. The molecule has 0 unspecified atom stereocenters. The van der Waals surface area contributed by atoms with Gasteiger partial charge in [-0.2, -0.15) is 0 Å². The smallest absolute Gasteiger partial charge is 0.391 e. The summed E-state index contributed by atoms with van der Waals surface area (Å²) in [6, 6.07) is 11.9. The van der Waals surface area contributed by atoms with Crippen molar-refractivity contribution in [1.82, 2.24) is 4.98 Å². The summed E-state index contributed by atoms with van der Waals surface area (Å²) in [5.74, 6) is 1.08. The normalized spacial score (nSPS) is 10.2. The van der Waals surface area contributed by atoms with Crippen molar-refractivity contribution in [2.24, 2.45) is 5.73 Å². The zero-order valence-corrected chi connectivity index (χ0v) is 11.3. The number of rotatable bonds is 4. The molecule has 0 aliphatic heterocycles. The number of primary amides is 1. The number of hydrogen-bond acceptors (Lipinski definition) is 4. The van der Waals surface area contributed by atoms with Crippen LogP contribution in [0.4, 0.5) is 4.79 Å². The molecule has 5 heteroatoms. The zero-order valence-electron chi connectivity index (χ0n) is 10.5. The largest absolute Gasteiger partial charge is 0.411 e. The summed E-state index contributed by atoms with van der Waals surface area (Å²) in [5.41, 5.74) is 7.25. The van der Waals surface area contributed by atoms with Gasteiger partial charge in [0, 0.05) is 22.9 Å². The number of amides is 1. The van der Waals surface area contributed by atoms with Crippen LogP contribution in [0.1, 0.15) is 11.1 Å². The maximum absolute atomic E-state index is 10.7. The van der Waals surface area contributed by atoms with E-state index in [2.05, 4.69) is 17.1 Å². The molecule has 0 saturated carbocycles. The van der Waals surface area contributed by atoms with Crippen LogP contribution in [0.2, 0.25) is 0 Å². The van der Waals surface area contributed by atoms with Gasteiger partial charge < -0.3 is 10.5 Å². The Labute approximate surface area is 116 Å². The average Bonchev–Trinajstić information content (AvgIpc) is 2.40. The van der Waals surface area contributed by atoms with E-state index >= 15 is 0 Å². The SMILES string of the molecule is Cc1cnc(OC(N)=O)cc1SCc1ccccc1. The molecule has 0 fully saturated rings. The minimum atomic E-state index is -0.852. The van der Waals surface area contributed by atoms with Crippen molar-refractivity contribution in [3.63, 3.8) is 0 Å². The van der Waals surface area contributed by atoms with Crippen LogP contribution < -0.4 is 10.5 Å². The highest BCUT2D eigenvalue weighted by molar-refractivity contribution is 7.98. The second-order valence-corrected chi connectivity index (χ2v) is 5.00. The van der Waals surface area contributed by atoms with E-state index in [1.54, 1.807) is 24.0 Å². The maximum Gasteiger partial charge on any atom is 0.411 e. The molecule has 4 nitrogen and oxygen atoms in total. The van der Waals surface area contributed by atoms with Gasteiger partial charge >= 0.3 is 6.09 Å². The fourth-order valence-electron chi connectivity index (χ4n) is 1.54. The summed E-state index contributed by atoms with van der Waals surface area (Å²) in [5, 5.41) is 0. The molecule has 2 aromatic rings. The Morgan fingerprint density at radius 2 is 2.11 bits per heavy atom. The molecule has 1 heterocycles. The maximum atomic E-state index is 10.7. The number of carbonyl (C=O) groups excluding carboxylic acids is 1. The number of carbonyl (C=O) groups is 1. The first-order chi connectivity index (χ1) is 9.15. The molecule has 0 aliphatic carbocycles. The van der Waals surface area contributed by atoms with Crippen LogP contribution in [0.5, 0.6) is 5.88 Å². The van der Waals surface area contributed by atoms with E-state index in [4.69, 9.17) is 10.5 Å². The molecule has 0 atom stereocenters. The Hall–Kier alpha value is -2.01. The summed E-state index contributed by atoms with van der Waals surface area (Å²) in [7, 11) is 0. The summed E-state index contributed by atoms with van der Waals surface area (Å²) in [6.45, 7) is 1.97. The summed E-state index contributed by atoms with van der Waals surface area (Å²) >= 11 is 1.67. The molecule has 0 spiro atoms. The van der Waals surface area contributed by atoms with E-state index < -0.39 is 6.09 Å². The molecule has 0 bridgehead atoms. The predicted molar refractivity (Wildman–Crippen MR) is 75.2 cm³/mol. The van der Waals surface area contributed by atoms with Crippen LogP contribution in [-0.4, -0.2) is 11.1 Å². The highest BCUT2D eigenvalue weighted by Gasteiger charge is 2.06. The second-order valence-electron chi connectivity index (χ2n) is 3.98. The molecule has 19 heavy (non-hydrogen) atoms. The molecule has 0 saturated heterocycles. The van der Waals surface area contributed by atoms with E-state index in [1.165, 1.54) is 5.56 Å². The molecule has 2 rings (SSSR count). The number of ether oxygens (including phenoxy) is 1. The lowest BCUT2D eigenvalue weighted by molar-refractivity contribution is 0.209. The lowest BCUT2D eigenvalue weighted by Crippen LogP contribution is -2.16. The molecular weight excluding hydrogens is 260 g/mol. The fraction of sp³-hybridized carbons (Fsp3) is 0.143. The first kappa shape index (κ1) is 13.4. The first-order valence-electron chi connectivity index (χ1n) is 5.76. The van der Waals surface area contributed by atoms with E-state index in [0.29, 0.717) is 0 Å². The molecule has 1 aromatic heterocycles. The van der Waals surface area contributed by atoms with Crippen LogP contribution >= 0.6 is 11.8 Å². The number of pyridine rings is 1. The van der Waals surface area contributed by atoms with E-state index in [0.717, 1.165) is 16.2 Å². The number of thioether (sulfide) groups is 1. The van der Waals surface area contributed by atoms with Crippen LogP contribution in [0.25, 0.3) is 0 Å². The summed E-state index contributed by atoms with van der Waals surface area (Å²) < 4.78 is 4.78. The van der Waals surface area contributed by atoms with E-state index in [-0.39, 0.29) is 5.88 Å². The van der Waals surface area contributed by atoms with Gasteiger partial charge in [-0.15, -0.1) is 11.8 Å². The van der Waals surface area contributed by atoms with Gasteiger partial charge in [0.05, 0.1) is 0 Å². The second kappa shape index (κ2) is 6.24. The van der Waals surface area contributed by atoms with Gasteiger partial charge in [0.25, 0.3) is 0 Å². The lowest BCUT2D eigenvalue weighted by atomic mass is 10.2. The highest BCUT2D eigenvalue weighted by Crippen LogP contribution is 2.28. The molecule has 0 radical (unpaired) electrons. The quantitative estimate of drug-likeness (QED) is 0.870. The standard InChI is InChI=1S/C14H14N2O2S/c1-10-8-16-13(18-14(15)17)7-12(10)19-9-11-5-3-2-4-6-11/h2-8H,9H2,1H3,(H2,15,17). The zero-order chi connectivity index (χ0) is 13.7. The topological polar surface area (TPSA) is 65.2 Å².